The number of nitrogens with zero attached hydrogens (tertiary/aromatic N) is 1. The van der Waals surface area contributed by atoms with E-state index < -0.39 is 0 Å². The maximum atomic E-state index is 12.0. The first-order chi connectivity index (χ1) is 9.65. The van der Waals surface area contributed by atoms with Crippen molar-refractivity contribution in [3.63, 3.8) is 0 Å². The fourth-order valence-electron chi connectivity index (χ4n) is 2.16. The van der Waals surface area contributed by atoms with Gasteiger partial charge in [0.1, 0.15) is 0 Å². The largest absolute Gasteiger partial charge is 0.325 e. The molecule has 20 heavy (non-hydrogen) atoms. The molecule has 4 heteroatoms. The predicted octanol–water partition coefficient (Wildman–Crippen LogP) is 3.28. The van der Waals surface area contributed by atoms with Crippen molar-refractivity contribution in [2.75, 3.05) is 5.32 Å². The molecule has 100 valence electrons. The maximum Gasteiger partial charge on any atom is 0.260 e. The van der Waals surface area contributed by atoms with E-state index in [1.54, 1.807) is 6.07 Å². The topological polar surface area (TPSA) is 57.8 Å². The van der Waals surface area contributed by atoms with Gasteiger partial charge in [-0.3, -0.25) is 9.78 Å². The second-order valence-electron chi connectivity index (χ2n) is 4.80. The minimum atomic E-state index is -0.136. The lowest BCUT2D eigenvalue weighted by molar-refractivity contribution is 1.16. The van der Waals surface area contributed by atoms with E-state index in [1.807, 2.05) is 37.3 Å². The van der Waals surface area contributed by atoms with Crippen LogP contribution in [0.25, 0.3) is 10.9 Å². The quantitative estimate of drug-likeness (QED) is 0.747. The summed E-state index contributed by atoms with van der Waals surface area (Å²) in [4.78, 5) is 19.2. The minimum Gasteiger partial charge on any atom is -0.325 e. The van der Waals surface area contributed by atoms with Crippen LogP contribution in [0.5, 0.6) is 0 Å². The third-order valence-corrected chi connectivity index (χ3v) is 3.47. The second kappa shape index (κ2) is 4.81. The number of hydrogen-bond acceptors (Lipinski definition) is 3. The van der Waals surface area contributed by atoms with Gasteiger partial charge in [-0.25, -0.2) is 4.98 Å². The second-order valence-corrected chi connectivity index (χ2v) is 4.80. The third kappa shape index (κ3) is 2.16. The van der Waals surface area contributed by atoms with Gasteiger partial charge >= 0.3 is 0 Å². The Kier molecular flexibility index (Phi) is 2.99. The summed E-state index contributed by atoms with van der Waals surface area (Å²) in [5.41, 5.74) is 3.83. The zero-order valence-electron chi connectivity index (χ0n) is 11.4. The molecule has 0 amide bonds. The van der Waals surface area contributed by atoms with Crippen molar-refractivity contribution in [2.45, 2.75) is 13.8 Å². The summed E-state index contributed by atoms with van der Waals surface area (Å²) < 4.78 is 0. The number of fused-ring (bicyclic) bond motifs is 1. The normalized spacial score (nSPS) is 10.7. The van der Waals surface area contributed by atoms with Crippen molar-refractivity contribution >= 4 is 22.5 Å². The number of anilines is 2. The Bertz CT molecular complexity index is 836. The van der Waals surface area contributed by atoms with Crippen LogP contribution in [0.3, 0.4) is 0 Å². The summed E-state index contributed by atoms with van der Waals surface area (Å²) in [6.45, 7) is 4.09. The molecule has 1 aromatic heterocycles. The van der Waals surface area contributed by atoms with Gasteiger partial charge in [0, 0.05) is 5.69 Å². The fourth-order valence-corrected chi connectivity index (χ4v) is 2.16. The Morgan fingerprint density at radius 3 is 2.70 bits per heavy atom. The van der Waals surface area contributed by atoms with Gasteiger partial charge in [-0.05, 0) is 43.2 Å². The van der Waals surface area contributed by atoms with Gasteiger partial charge in [-0.1, -0.05) is 24.3 Å². The number of nitrogens with one attached hydrogen (secondary N) is 2. The van der Waals surface area contributed by atoms with E-state index >= 15 is 0 Å². The molecule has 0 spiro atoms. The molecule has 4 nitrogen and oxygen atoms in total. The van der Waals surface area contributed by atoms with Gasteiger partial charge in [0.2, 0.25) is 5.95 Å². The first-order valence-corrected chi connectivity index (χ1v) is 6.47. The highest BCUT2D eigenvalue weighted by Crippen LogP contribution is 2.21. The number of rotatable bonds is 2. The first-order valence-electron chi connectivity index (χ1n) is 6.47. The van der Waals surface area contributed by atoms with Crippen LogP contribution in [0, 0.1) is 13.8 Å². The van der Waals surface area contributed by atoms with Gasteiger partial charge in [0.05, 0.1) is 10.9 Å². The number of hydrogen-bond donors (Lipinski definition) is 2. The zero-order valence-corrected chi connectivity index (χ0v) is 11.4. The van der Waals surface area contributed by atoms with E-state index in [2.05, 4.69) is 28.3 Å². The maximum absolute atomic E-state index is 12.0. The van der Waals surface area contributed by atoms with Crippen LogP contribution in [0.15, 0.2) is 47.3 Å². The molecule has 3 rings (SSSR count). The van der Waals surface area contributed by atoms with Gasteiger partial charge in [-0.2, -0.15) is 0 Å². The summed E-state index contributed by atoms with van der Waals surface area (Å²) in [6, 6.07) is 13.3. The van der Waals surface area contributed by atoms with E-state index in [1.165, 1.54) is 5.56 Å². The average molecular weight is 265 g/mol. The number of aromatic nitrogens is 2. The number of H-pyrrole nitrogens is 1. The van der Waals surface area contributed by atoms with Crippen LogP contribution >= 0.6 is 0 Å². The molecule has 0 aliphatic heterocycles. The molecular weight excluding hydrogens is 250 g/mol. The summed E-state index contributed by atoms with van der Waals surface area (Å²) in [7, 11) is 0. The molecule has 0 bridgehead atoms. The van der Waals surface area contributed by atoms with Gasteiger partial charge in [0.15, 0.2) is 0 Å². The van der Waals surface area contributed by atoms with Crippen LogP contribution < -0.4 is 10.9 Å². The Morgan fingerprint density at radius 2 is 1.85 bits per heavy atom. The molecule has 2 aromatic carbocycles. The third-order valence-electron chi connectivity index (χ3n) is 3.47. The molecule has 2 N–H and O–H groups in total. The highest BCUT2D eigenvalue weighted by Gasteiger charge is 2.05. The fraction of sp³-hybridized carbons (Fsp3) is 0.125. The highest BCUT2D eigenvalue weighted by atomic mass is 16.1. The van der Waals surface area contributed by atoms with Gasteiger partial charge in [-0.15, -0.1) is 0 Å². The Balaban J connectivity index is 2.07. The molecule has 0 aliphatic rings. The van der Waals surface area contributed by atoms with Crippen molar-refractivity contribution < 1.29 is 0 Å². The molecule has 0 unspecified atom stereocenters. The van der Waals surface area contributed by atoms with E-state index in [9.17, 15) is 4.79 Å². The van der Waals surface area contributed by atoms with E-state index in [-0.39, 0.29) is 5.56 Å². The van der Waals surface area contributed by atoms with Crippen molar-refractivity contribution in [2.24, 2.45) is 0 Å². The predicted molar refractivity (Wildman–Crippen MR) is 81.6 cm³/mol. The molecule has 0 fully saturated rings. The summed E-state index contributed by atoms with van der Waals surface area (Å²) in [5, 5.41) is 3.78. The van der Waals surface area contributed by atoms with Crippen molar-refractivity contribution in [1.82, 2.24) is 9.97 Å². The SMILES string of the molecule is Cc1cccc(Nc2nc3ccccc3c(=O)[nH]2)c1C. The standard InChI is InChI=1S/C16H15N3O/c1-10-6-5-9-13(11(10)2)17-16-18-14-8-4-3-7-12(14)15(20)19-16/h3-9H,1-2H3,(H2,17,18,19,20). The number of benzene rings is 2. The van der Waals surface area contributed by atoms with Crippen molar-refractivity contribution in [3.05, 3.63) is 63.9 Å². The Morgan fingerprint density at radius 1 is 1.05 bits per heavy atom. The van der Waals surface area contributed by atoms with Crippen LogP contribution in [0.2, 0.25) is 0 Å². The van der Waals surface area contributed by atoms with Crippen LogP contribution in [0.1, 0.15) is 11.1 Å². The molecular formula is C16H15N3O. The smallest absolute Gasteiger partial charge is 0.260 e. The average Bonchev–Trinajstić information content (AvgIpc) is 2.44. The highest BCUT2D eigenvalue weighted by molar-refractivity contribution is 5.78. The Hall–Kier alpha value is -2.62. The van der Waals surface area contributed by atoms with Crippen LogP contribution in [0.4, 0.5) is 11.6 Å². The zero-order chi connectivity index (χ0) is 14.1. The minimum absolute atomic E-state index is 0.136. The lowest BCUT2D eigenvalue weighted by Crippen LogP contribution is -2.11. The number of para-hydroxylation sites is 1. The summed E-state index contributed by atoms with van der Waals surface area (Å²) in [6.07, 6.45) is 0. The molecule has 0 saturated carbocycles. The van der Waals surface area contributed by atoms with Gasteiger partial charge < -0.3 is 5.32 Å². The molecule has 0 saturated heterocycles. The van der Waals surface area contributed by atoms with Crippen molar-refractivity contribution in [1.29, 1.82) is 0 Å². The molecule has 1 heterocycles. The van der Waals surface area contributed by atoms with E-state index in [4.69, 9.17) is 0 Å². The Labute approximate surface area is 116 Å². The number of aryl methyl sites for hydroxylation is 1. The molecule has 0 atom stereocenters. The first kappa shape index (κ1) is 12.4. The molecule has 3 aromatic rings. The van der Waals surface area contributed by atoms with E-state index in [0.29, 0.717) is 16.9 Å². The van der Waals surface area contributed by atoms with Crippen molar-refractivity contribution in [3.8, 4) is 0 Å². The van der Waals surface area contributed by atoms with Crippen LogP contribution in [-0.2, 0) is 0 Å². The molecule has 0 aliphatic carbocycles. The summed E-state index contributed by atoms with van der Waals surface area (Å²) in [5.74, 6) is 0.461. The number of aromatic amines is 1. The monoisotopic (exact) mass is 265 g/mol. The lowest BCUT2D eigenvalue weighted by atomic mass is 10.1. The molecule has 0 radical (unpaired) electrons. The van der Waals surface area contributed by atoms with Gasteiger partial charge in [0.25, 0.3) is 5.56 Å². The van der Waals surface area contributed by atoms with Crippen LogP contribution in [-0.4, -0.2) is 9.97 Å². The summed E-state index contributed by atoms with van der Waals surface area (Å²) >= 11 is 0. The van der Waals surface area contributed by atoms with E-state index in [0.717, 1.165) is 11.3 Å². The lowest BCUT2D eigenvalue weighted by Gasteiger charge is -2.10.